The molecule has 0 saturated heterocycles. The van der Waals surface area contributed by atoms with Crippen molar-refractivity contribution in [2.24, 2.45) is 0 Å². The summed E-state index contributed by atoms with van der Waals surface area (Å²) in [7, 11) is 0. The molecule has 0 atom stereocenters. The quantitative estimate of drug-likeness (QED) is 0.783. The highest BCUT2D eigenvalue weighted by atomic mass is 15.3. The minimum absolute atomic E-state index is 0.791. The van der Waals surface area contributed by atoms with E-state index in [0.717, 1.165) is 37.4 Å². The van der Waals surface area contributed by atoms with Crippen LogP contribution in [0.4, 0.5) is 0 Å². The molecule has 0 radical (unpaired) electrons. The second kappa shape index (κ2) is 6.26. The van der Waals surface area contributed by atoms with Crippen molar-refractivity contribution in [1.82, 2.24) is 25.1 Å². The lowest BCUT2D eigenvalue weighted by Crippen LogP contribution is -2.17. The van der Waals surface area contributed by atoms with Crippen LogP contribution < -0.4 is 5.32 Å². The lowest BCUT2D eigenvalue weighted by atomic mass is 10.3. The average molecular weight is 245 g/mol. The van der Waals surface area contributed by atoms with Crippen LogP contribution in [0.5, 0.6) is 0 Å². The Balaban J connectivity index is 1.66. The van der Waals surface area contributed by atoms with Gasteiger partial charge in [-0.1, -0.05) is 0 Å². The van der Waals surface area contributed by atoms with Gasteiger partial charge in [0.1, 0.15) is 6.33 Å². The molecule has 0 aliphatic carbocycles. The Bertz CT molecular complexity index is 477. The molecule has 0 unspecified atom stereocenters. The van der Waals surface area contributed by atoms with E-state index in [1.165, 1.54) is 5.69 Å². The summed E-state index contributed by atoms with van der Waals surface area (Å²) in [4.78, 5) is 8.05. The van der Waals surface area contributed by atoms with Crippen LogP contribution in [-0.4, -0.2) is 26.3 Å². The Morgan fingerprint density at radius 2 is 2.22 bits per heavy atom. The van der Waals surface area contributed by atoms with Crippen molar-refractivity contribution in [2.45, 2.75) is 33.4 Å². The van der Waals surface area contributed by atoms with Crippen molar-refractivity contribution in [1.29, 1.82) is 0 Å². The van der Waals surface area contributed by atoms with Crippen molar-refractivity contribution < 1.29 is 0 Å². The maximum Gasteiger partial charge on any atom is 0.115 e. The predicted molar refractivity (Wildman–Crippen MR) is 70.1 cm³/mol. The average Bonchev–Trinajstić information content (AvgIpc) is 2.69. The Hall–Kier alpha value is -1.75. The summed E-state index contributed by atoms with van der Waals surface area (Å²) >= 11 is 0. The van der Waals surface area contributed by atoms with Gasteiger partial charge in [0.2, 0.25) is 0 Å². The molecule has 2 rings (SSSR count). The Kier molecular flexibility index (Phi) is 4.41. The Labute approximate surface area is 107 Å². The highest BCUT2D eigenvalue weighted by molar-refractivity contribution is 5.06. The normalized spacial score (nSPS) is 10.8. The Morgan fingerprint density at radius 1 is 1.33 bits per heavy atom. The van der Waals surface area contributed by atoms with Crippen LogP contribution in [-0.2, 0) is 13.1 Å². The molecule has 0 aromatic carbocycles. The fourth-order valence-electron chi connectivity index (χ4n) is 1.89. The number of aromatic nitrogens is 4. The molecule has 0 aliphatic heterocycles. The van der Waals surface area contributed by atoms with Crippen LogP contribution in [0, 0.1) is 13.8 Å². The third-order valence-corrected chi connectivity index (χ3v) is 2.78. The lowest BCUT2D eigenvalue weighted by Gasteiger charge is -2.06. The van der Waals surface area contributed by atoms with Gasteiger partial charge in [0.05, 0.1) is 11.4 Å². The van der Waals surface area contributed by atoms with Gasteiger partial charge in [-0.15, -0.1) is 0 Å². The molecular weight excluding hydrogens is 226 g/mol. The fourth-order valence-corrected chi connectivity index (χ4v) is 1.89. The smallest absolute Gasteiger partial charge is 0.115 e. The highest BCUT2D eigenvalue weighted by Gasteiger charge is 2.00. The summed E-state index contributed by atoms with van der Waals surface area (Å²) in [6.07, 6.45) is 4.40. The SMILES string of the molecule is Cc1cc(C)n(CCCNCc2ccncn2)n1. The monoisotopic (exact) mass is 245 g/mol. The molecule has 0 bridgehead atoms. The van der Waals surface area contributed by atoms with Crippen molar-refractivity contribution in [3.8, 4) is 0 Å². The fraction of sp³-hybridized carbons (Fsp3) is 0.462. The number of rotatable bonds is 6. The number of aryl methyl sites for hydroxylation is 3. The van der Waals surface area contributed by atoms with Crippen LogP contribution >= 0.6 is 0 Å². The zero-order valence-corrected chi connectivity index (χ0v) is 10.9. The zero-order valence-electron chi connectivity index (χ0n) is 10.9. The summed E-state index contributed by atoms with van der Waals surface area (Å²) in [5.74, 6) is 0. The molecule has 2 heterocycles. The van der Waals surface area contributed by atoms with Crippen LogP contribution in [0.1, 0.15) is 23.5 Å². The zero-order chi connectivity index (χ0) is 12.8. The molecule has 5 nitrogen and oxygen atoms in total. The van der Waals surface area contributed by atoms with E-state index < -0.39 is 0 Å². The molecule has 5 heteroatoms. The van der Waals surface area contributed by atoms with Gasteiger partial charge in [0, 0.05) is 25.0 Å². The third kappa shape index (κ3) is 3.63. The first-order valence-corrected chi connectivity index (χ1v) is 6.22. The van der Waals surface area contributed by atoms with E-state index in [9.17, 15) is 0 Å². The van der Waals surface area contributed by atoms with E-state index in [1.807, 2.05) is 13.0 Å². The van der Waals surface area contributed by atoms with E-state index in [2.05, 4.69) is 38.1 Å². The summed E-state index contributed by atoms with van der Waals surface area (Å²) in [5, 5.41) is 7.80. The molecule has 0 aliphatic rings. The Morgan fingerprint density at radius 3 is 2.89 bits per heavy atom. The van der Waals surface area contributed by atoms with Crippen LogP contribution in [0.3, 0.4) is 0 Å². The number of nitrogens with zero attached hydrogens (tertiary/aromatic N) is 4. The molecule has 0 spiro atoms. The maximum absolute atomic E-state index is 4.43. The summed E-state index contributed by atoms with van der Waals surface area (Å²) in [5.41, 5.74) is 3.33. The standard InChI is InChI=1S/C13H19N5/c1-11-8-12(2)18(17-11)7-3-5-14-9-13-4-6-15-10-16-13/h4,6,8,10,14H,3,5,7,9H2,1-2H3. The van der Waals surface area contributed by atoms with Gasteiger partial charge < -0.3 is 5.32 Å². The first-order valence-electron chi connectivity index (χ1n) is 6.22. The van der Waals surface area contributed by atoms with Gasteiger partial charge in [-0.2, -0.15) is 5.10 Å². The van der Waals surface area contributed by atoms with E-state index >= 15 is 0 Å². The van der Waals surface area contributed by atoms with Crippen molar-refractivity contribution >= 4 is 0 Å². The molecule has 2 aromatic heterocycles. The largest absolute Gasteiger partial charge is 0.311 e. The molecule has 0 fully saturated rings. The van der Waals surface area contributed by atoms with Crippen LogP contribution in [0.15, 0.2) is 24.7 Å². The van der Waals surface area contributed by atoms with Crippen LogP contribution in [0.25, 0.3) is 0 Å². The third-order valence-electron chi connectivity index (χ3n) is 2.78. The topological polar surface area (TPSA) is 55.6 Å². The molecule has 0 saturated carbocycles. The van der Waals surface area contributed by atoms with E-state index in [0.29, 0.717) is 0 Å². The maximum atomic E-state index is 4.43. The van der Waals surface area contributed by atoms with E-state index in [-0.39, 0.29) is 0 Å². The molecule has 1 N–H and O–H groups in total. The van der Waals surface area contributed by atoms with Gasteiger partial charge in [-0.25, -0.2) is 9.97 Å². The lowest BCUT2D eigenvalue weighted by molar-refractivity contribution is 0.530. The number of hydrogen-bond donors (Lipinski definition) is 1. The summed E-state index contributed by atoms with van der Waals surface area (Å²) in [6.45, 7) is 6.82. The second-order valence-electron chi connectivity index (χ2n) is 4.38. The molecule has 18 heavy (non-hydrogen) atoms. The molecule has 0 amide bonds. The number of nitrogens with one attached hydrogen (secondary N) is 1. The van der Waals surface area contributed by atoms with Crippen LogP contribution in [0.2, 0.25) is 0 Å². The summed E-state index contributed by atoms with van der Waals surface area (Å²) < 4.78 is 2.06. The minimum Gasteiger partial charge on any atom is -0.311 e. The first kappa shape index (κ1) is 12.7. The van der Waals surface area contributed by atoms with Gasteiger partial charge >= 0.3 is 0 Å². The number of hydrogen-bond acceptors (Lipinski definition) is 4. The minimum atomic E-state index is 0.791. The van der Waals surface area contributed by atoms with Crippen molar-refractivity contribution in [3.63, 3.8) is 0 Å². The molecular formula is C13H19N5. The van der Waals surface area contributed by atoms with Gasteiger partial charge in [0.15, 0.2) is 0 Å². The van der Waals surface area contributed by atoms with Gasteiger partial charge in [-0.3, -0.25) is 4.68 Å². The van der Waals surface area contributed by atoms with E-state index in [4.69, 9.17) is 0 Å². The first-order chi connectivity index (χ1) is 8.75. The van der Waals surface area contributed by atoms with E-state index in [1.54, 1.807) is 12.5 Å². The predicted octanol–water partition coefficient (Wildman–Crippen LogP) is 1.47. The molecule has 2 aromatic rings. The van der Waals surface area contributed by atoms with Crippen molar-refractivity contribution in [2.75, 3.05) is 6.54 Å². The highest BCUT2D eigenvalue weighted by Crippen LogP contribution is 2.02. The van der Waals surface area contributed by atoms with Gasteiger partial charge in [0.25, 0.3) is 0 Å². The molecule has 96 valence electrons. The second-order valence-corrected chi connectivity index (χ2v) is 4.38. The van der Waals surface area contributed by atoms with Gasteiger partial charge in [-0.05, 0) is 38.9 Å². The van der Waals surface area contributed by atoms with Crippen molar-refractivity contribution in [3.05, 3.63) is 41.7 Å². The summed E-state index contributed by atoms with van der Waals surface area (Å²) in [6, 6.07) is 4.03.